The molecule has 0 bridgehead atoms. The first kappa shape index (κ1) is 21.7. The van der Waals surface area contributed by atoms with E-state index in [0.29, 0.717) is 36.3 Å². The van der Waals surface area contributed by atoms with Crippen molar-refractivity contribution in [3.05, 3.63) is 88.2 Å². The van der Waals surface area contributed by atoms with Crippen LogP contribution in [0, 0.1) is 16.7 Å². The van der Waals surface area contributed by atoms with E-state index in [1.165, 1.54) is 0 Å². The first-order valence-corrected chi connectivity index (χ1v) is 9.71. The van der Waals surface area contributed by atoms with E-state index in [1.807, 2.05) is 36.4 Å². The van der Waals surface area contributed by atoms with Crippen molar-refractivity contribution in [1.29, 1.82) is 10.7 Å². The molecule has 0 aliphatic carbocycles. The molecule has 0 aliphatic rings. The summed E-state index contributed by atoms with van der Waals surface area (Å²) < 4.78 is 7.05. The Bertz CT molecular complexity index is 1090. The molecule has 8 heteroatoms. The van der Waals surface area contributed by atoms with Gasteiger partial charge < -0.3 is 15.8 Å². The Labute approximate surface area is 180 Å². The van der Waals surface area contributed by atoms with Gasteiger partial charge in [0.15, 0.2) is 0 Å². The van der Waals surface area contributed by atoms with Crippen molar-refractivity contribution in [2.24, 2.45) is 5.73 Å². The molecule has 0 saturated heterocycles. The fraction of sp³-hybridized carbons (Fsp3) is 0.217. The summed E-state index contributed by atoms with van der Waals surface area (Å²) in [6, 6.07) is 17.0. The van der Waals surface area contributed by atoms with Crippen molar-refractivity contribution in [2.45, 2.75) is 26.1 Å². The highest BCUT2D eigenvalue weighted by Crippen LogP contribution is 2.14. The lowest BCUT2D eigenvalue weighted by Crippen LogP contribution is -2.24. The van der Waals surface area contributed by atoms with Crippen LogP contribution >= 0.6 is 0 Å². The van der Waals surface area contributed by atoms with Crippen LogP contribution in [0.1, 0.15) is 38.3 Å². The van der Waals surface area contributed by atoms with Crippen molar-refractivity contribution in [1.82, 2.24) is 15.1 Å². The molecule has 158 valence electrons. The summed E-state index contributed by atoms with van der Waals surface area (Å²) in [4.78, 5) is 12.8. The SMILES string of the molecule is COCc1c(C(=O)NCc2ccc(C(=N)N)cc2)cnn1Cc1ccc(CC#N)cc1. The van der Waals surface area contributed by atoms with Crippen molar-refractivity contribution in [2.75, 3.05) is 7.11 Å². The Morgan fingerprint density at radius 3 is 2.42 bits per heavy atom. The Morgan fingerprint density at radius 1 is 1.16 bits per heavy atom. The predicted molar refractivity (Wildman–Crippen MR) is 116 cm³/mol. The van der Waals surface area contributed by atoms with Gasteiger partial charge in [0.05, 0.1) is 43.1 Å². The maximum atomic E-state index is 12.8. The number of benzene rings is 2. The quantitative estimate of drug-likeness (QED) is 0.364. The van der Waals surface area contributed by atoms with Crippen LogP contribution < -0.4 is 11.1 Å². The average Bonchev–Trinajstić information content (AvgIpc) is 3.16. The maximum Gasteiger partial charge on any atom is 0.255 e. The van der Waals surface area contributed by atoms with Crippen LogP contribution in [0.25, 0.3) is 0 Å². The molecule has 0 spiro atoms. The summed E-state index contributed by atoms with van der Waals surface area (Å²) in [7, 11) is 1.58. The van der Waals surface area contributed by atoms with Gasteiger partial charge in [-0.2, -0.15) is 10.4 Å². The van der Waals surface area contributed by atoms with Gasteiger partial charge in [-0.15, -0.1) is 0 Å². The molecule has 0 atom stereocenters. The van der Waals surface area contributed by atoms with E-state index >= 15 is 0 Å². The van der Waals surface area contributed by atoms with E-state index in [0.717, 1.165) is 16.7 Å². The molecule has 3 rings (SSSR count). The molecule has 1 amide bonds. The van der Waals surface area contributed by atoms with Crippen LogP contribution in [-0.2, 0) is 30.9 Å². The molecule has 31 heavy (non-hydrogen) atoms. The van der Waals surface area contributed by atoms with E-state index < -0.39 is 0 Å². The van der Waals surface area contributed by atoms with Crippen LogP contribution in [0.4, 0.5) is 0 Å². The highest BCUT2D eigenvalue weighted by molar-refractivity contribution is 5.95. The molecule has 0 fully saturated rings. The number of rotatable bonds is 9. The molecule has 3 aromatic rings. The van der Waals surface area contributed by atoms with Crippen molar-refractivity contribution in [3.63, 3.8) is 0 Å². The highest BCUT2D eigenvalue weighted by Gasteiger charge is 2.17. The molecule has 0 saturated carbocycles. The molecule has 0 aliphatic heterocycles. The zero-order valence-corrected chi connectivity index (χ0v) is 17.3. The number of amides is 1. The van der Waals surface area contributed by atoms with Crippen molar-refractivity contribution < 1.29 is 9.53 Å². The van der Waals surface area contributed by atoms with Gasteiger partial charge in [0, 0.05) is 19.2 Å². The molecular weight excluding hydrogens is 392 g/mol. The van der Waals surface area contributed by atoms with Crippen molar-refractivity contribution in [3.8, 4) is 6.07 Å². The lowest BCUT2D eigenvalue weighted by Gasteiger charge is -2.10. The molecule has 0 radical (unpaired) electrons. The normalized spacial score (nSPS) is 10.5. The third-order valence-electron chi connectivity index (χ3n) is 4.83. The number of nitrogens with zero attached hydrogens (tertiary/aromatic N) is 3. The van der Waals surface area contributed by atoms with E-state index in [4.69, 9.17) is 21.1 Å². The van der Waals surface area contributed by atoms with Gasteiger partial charge in [0.25, 0.3) is 5.91 Å². The van der Waals surface area contributed by atoms with E-state index in [1.54, 1.807) is 30.1 Å². The maximum absolute atomic E-state index is 12.8. The van der Waals surface area contributed by atoms with Crippen molar-refractivity contribution >= 4 is 11.7 Å². The number of nitrogens with two attached hydrogens (primary N) is 1. The van der Waals surface area contributed by atoms with Gasteiger partial charge in [-0.1, -0.05) is 48.5 Å². The van der Waals surface area contributed by atoms with Gasteiger partial charge in [0.1, 0.15) is 5.84 Å². The zero-order chi connectivity index (χ0) is 22.2. The zero-order valence-electron chi connectivity index (χ0n) is 17.3. The first-order valence-electron chi connectivity index (χ1n) is 9.71. The number of ether oxygens (including phenoxy) is 1. The van der Waals surface area contributed by atoms with Crippen LogP contribution in [0.2, 0.25) is 0 Å². The van der Waals surface area contributed by atoms with E-state index in [9.17, 15) is 4.79 Å². The summed E-state index contributed by atoms with van der Waals surface area (Å²) in [5.41, 5.74) is 10.1. The molecule has 0 unspecified atom stereocenters. The predicted octanol–water partition coefficient (Wildman–Crippen LogP) is 2.36. The van der Waals surface area contributed by atoms with E-state index in [-0.39, 0.29) is 18.3 Å². The number of amidine groups is 1. The summed E-state index contributed by atoms with van der Waals surface area (Å²) in [5, 5.41) is 23.5. The molecule has 8 nitrogen and oxygen atoms in total. The Morgan fingerprint density at radius 2 is 1.81 bits per heavy atom. The Kier molecular flexibility index (Phi) is 7.14. The lowest BCUT2D eigenvalue weighted by atomic mass is 10.1. The minimum Gasteiger partial charge on any atom is -0.384 e. The number of hydrogen-bond acceptors (Lipinski definition) is 5. The number of aromatic nitrogens is 2. The fourth-order valence-corrected chi connectivity index (χ4v) is 3.13. The summed E-state index contributed by atoms with van der Waals surface area (Å²) in [6.45, 7) is 1.09. The second kappa shape index (κ2) is 10.2. The summed E-state index contributed by atoms with van der Waals surface area (Å²) >= 11 is 0. The smallest absolute Gasteiger partial charge is 0.255 e. The molecule has 4 N–H and O–H groups in total. The third-order valence-corrected chi connectivity index (χ3v) is 4.83. The van der Waals surface area contributed by atoms with Crippen LogP contribution in [0.15, 0.2) is 54.7 Å². The highest BCUT2D eigenvalue weighted by atomic mass is 16.5. The number of nitriles is 1. The first-order chi connectivity index (χ1) is 15.0. The fourth-order valence-electron chi connectivity index (χ4n) is 3.13. The summed E-state index contributed by atoms with van der Waals surface area (Å²) in [5.74, 6) is -0.231. The minimum atomic E-state index is -0.238. The monoisotopic (exact) mass is 416 g/mol. The molecule has 1 heterocycles. The topological polar surface area (TPSA) is 130 Å². The molecular formula is C23H24N6O2. The van der Waals surface area contributed by atoms with E-state index in [2.05, 4.69) is 16.5 Å². The number of hydrogen-bond donors (Lipinski definition) is 3. The minimum absolute atomic E-state index is 0.00640. The number of methoxy groups -OCH3 is 1. The van der Waals surface area contributed by atoms with Crippen LogP contribution in [0.3, 0.4) is 0 Å². The molecule has 1 aromatic heterocycles. The standard InChI is InChI=1S/C23H24N6O2/c1-31-15-21-20(23(30)27-12-17-6-8-19(9-7-17)22(25)26)13-28-29(21)14-18-4-2-16(3-5-18)10-11-24/h2-9,13H,10,12,14-15H2,1H3,(H3,25,26)(H,27,30). The third kappa shape index (κ3) is 5.56. The molecule has 2 aromatic carbocycles. The van der Waals surface area contributed by atoms with Crippen LogP contribution in [-0.4, -0.2) is 28.6 Å². The van der Waals surface area contributed by atoms with Gasteiger partial charge >= 0.3 is 0 Å². The van der Waals surface area contributed by atoms with Gasteiger partial charge in [-0.05, 0) is 16.7 Å². The van der Waals surface area contributed by atoms with Gasteiger partial charge in [0.2, 0.25) is 0 Å². The number of carbonyl (C=O) groups is 1. The summed E-state index contributed by atoms with van der Waals surface area (Å²) in [6.07, 6.45) is 1.92. The Hall–Kier alpha value is -3.96. The largest absolute Gasteiger partial charge is 0.384 e. The Balaban J connectivity index is 1.70. The second-order valence-electron chi connectivity index (χ2n) is 7.04. The van der Waals surface area contributed by atoms with Gasteiger partial charge in [-0.3, -0.25) is 14.9 Å². The number of nitrogen functional groups attached to an aromatic ring is 1. The van der Waals surface area contributed by atoms with Gasteiger partial charge in [-0.25, -0.2) is 0 Å². The second-order valence-corrected chi connectivity index (χ2v) is 7.04. The number of carbonyl (C=O) groups excluding carboxylic acids is 1. The van der Waals surface area contributed by atoms with Crippen LogP contribution in [0.5, 0.6) is 0 Å². The number of nitrogens with one attached hydrogen (secondary N) is 2. The lowest BCUT2D eigenvalue weighted by molar-refractivity contribution is 0.0945. The average molecular weight is 416 g/mol.